The standard InChI is InChI=1S/C15H21NO3/c1-2-3-4-9-15(17)16-10-12-11-18-13-7-5-6-8-14(13)19-12/h5-8,12H,2-4,9-11H2,1H3,(H,16,17). The first-order valence-corrected chi connectivity index (χ1v) is 6.94. The third-order valence-electron chi connectivity index (χ3n) is 3.10. The van der Waals surface area contributed by atoms with Crippen LogP contribution in [0.15, 0.2) is 24.3 Å². The summed E-state index contributed by atoms with van der Waals surface area (Å²) in [7, 11) is 0. The zero-order valence-corrected chi connectivity index (χ0v) is 11.4. The number of nitrogens with one attached hydrogen (secondary N) is 1. The maximum absolute atomic E-state index is 11.6. The van der Waals surface area contributed by atoms with Crippen molar-refractivity contribution in [3.63, 3.8) is 0 Å². The highest BCUT2D eigenvalue weighted by atomic mass is 16.6. The van der Waals surface area contributed by atoms with Crippen LogP contribution < -0.4 is 14.8 Å². The number of para-hydroxylation sites is 2. The monoisotopic (exact) mass is 263 g/mol. The fourth-order valence-corrected chi connectivity index (χ4v) is 2.02. The Morgan fingerprint density at radius 3 is 2.89 bits per heavy atom. The summed E-state index contributed by atoms with van der Waals surface area (Å²) >= 11 is 0. The van der Waals surface area contributed by atoms with E-state index >= 15 is 0 Å². The molecule has 1 aromatic carbocycles. The predicted molar refractivity (Wildman–Crippen MR) is 73.5 cm³/mol. The summed E-state index contributed by atoms with van der Waals surface area (Å²) in [4.78, 5) is 11.6. The van der Waals surface area contributed by atoms with Crippen LogP contribution in [0.5, 0.6) is 11.5 Å². The molecule has 19 heavy (non-hydrogen) atoms. The molecule has 1 aromatic rings. The van der Waals surface area contributed by atoms with Crippen molar-refractivity contribution in [3.8, 4) is 11.5 Å². The summed E-state index contributed by atoms with van der Waals surface area (Å²) in [6.45, 7) is 3.11. The van der Waals surface area contributed by atoms with E-state index < -0.39 is 0 Å². The molecule has 1 amide bonds. The fourth-order valence-electron chi connectivity index (χ4n) is 2.02. The first-order chi connectivity index (χ1) is 9.29. The Hall–Kier alpha value is -1.71. The molecule has 0 radical (unpaired) electrons. The number of carbonyl (C=O) groups excluding carboxylic acids is 1. The quantitative estimate of drug-likeness (QED) is 0.802. The highest BCUT2D eigenvalue weighted by molar-refractivity contribution is 5.75. The Kier molecular flexibility index (Phi) is 5.07. The van der Waals surface area contributed by atoms with Gasteiger partial charge in [-0.15, -0.1) is 0 Å². The summed E-state index contributed by atoms with van der Waals surface area (Å²) in [6.07, 6.45) is 3.67. The molecule has 104 valence electrons. The minimum absolute atomic E-state index is 0.0934. The van der Waals surface area contributed by atoms with Crippen LogP contribution in [0, 0.1) is 0 Å². The molecule has 1 aliphatic heterocycles. The van der Waals surface area contributed by atoms with Crippen LogP contribution in [0.2, 0.25) is 0 Å². The number of amides is 1. The molecular formula is C15H21NO3. The number of hydrogen-bond acceptors (Lipinski definition) is 3. The molecule has 1 atom stereocenters. The normalized spacial score (nSPS) is 17.0. The summed E-state index contributed by atoms with van der Waals surface area (Å²) in [6, 6.07) is 7.59. The van der Waals surface area contributed by atoms with Crippen LogP contribution in [0.1, 0.15) is 32.6 Å². The highest BCUT2D eigenvalue weighted by Gasteiger charge is 2.20. The van der Waals surface area contributed by atoms with E-state index in [0.717, 1.165) is 30.8 Å². The largest absolute Gasteiger partial charge is 0.486 e. The van der Waals surface area contributed by atoms with Gasteiger partial charge < -0.3 is 14.8 Å². The van der Waals surface area contributed by atoms with Crippen molar-refractivity contribution in [2.24, 2.45) is 0 Å². The van der Waals surface area contributed by atoms with Gasteiger partial charge in [-0.2, -0.15) is 0 Å². The molecule has 2 rings (SSSR count). The Bertz CT molecular complexity index is 420. The summed E-state index contributed by atoms with van der Waals surface area (Å²) in [5.74, 6) is 1.61. The highest BCUT2D eigenvalue weighted by Crippen LogP contribution is 2.30. The van der Waals surface area contributed by atoms with E-state index in [9.17, 15) is 4.79 Å². The Morgan fingerprint density at radius 2 is 2.11 bits per heavy atom. The summed E-state index contributed by atoms with van der Waals surface area (Å²) < 4.78 is 11.4. The van der Waals surface area contributed by atoms with Gasteiger partial charge in [-0.1, -0.05) is 31.9 Å². The van der Waals surface area contributed by atoms with Crippen LogP contribution in [0.3, 0.4) is 0 Å². The van der Waals surface area contributed by atoms with Crippen molar-refractivity contribution in [2.45, 2.75) is 38.7 Å². The molecule has 1 heterocycles. The average molecular weight is 263 g/mol. The number of benzene rings is 1. The summed E-state index contributed by atoms with van der Waals surface area (Å²) in [5.41, 5.74) is 0. The van der Waals surface area contributed by atoms with Gasteiger partial charge in [0.25, 0.3) is 0 Å². The number of ether oxygens (including phenoxy) is 2. The lowest BCUT2D eigenvalue weighted by atomic mass is 10.2. The van der Waals surface area contributed by atoms with E-state index in [1.54, 1.807) is 0 Å². The molecule has 0 saturated heterocycles. The van der Waals surface area contributed by atoms with E-state index in [4.69, 9.17) is 9.47 Å². The molecule has 4 nitrogen and oxygen atoms in total. The van der Waals surface area contributed by atoms with Crippen molar-refractivity contribution in [1.82, 2.24) is 5.32 Å². The Morgan fingerprint density at radius 1 is 1.32 bits per heavy atom. The molecule has 0 aliphatic carbocycles. The second-order valence-corrected chi connectivity index (χ2v) is 4.76. The van der Waals surface area contributed by atoms with Gasteiger partial charge in [-0.3, -0.25) is 4.79 Å². The van der Waals surface area contributed by atoms with Gasteiger partial charge in [-0.05, 0) is 18.6 Å². The zero-order chi connectivity index (χ0) is 13.5. The van der Waals surface area contributed by atoms with Gasteiger partial charge in [0.05, 0.1) is 6.54 Å². The Balaban J connectivity index is 1.72. The number of carbonyl (C=O) groups is 1. The fraction of sp³-hybridized carbons (Fsp3) is 0.533. The van der Waals surface area contributed by atoms with Gasteiger partial charge in [-0.25, -0.2) is 0 Å². The topological polar surface area (TPSA) is 47.6 Å². The van der Waals surface area contributed by atoms with Crippen LogP contribution in [-0.2, 0) is 4.79 Å². The molecule has 1 aliphatic rings. The SMILES string of the molecule is CCCCCC(=O)NCC1COc2ccccc2O1. The minimum atomic E-state index is -0.106. The van der Waals surface area contributed by atoms with Crippen molar-refractivity contribution < 1.29 is 14.3 Å². The molecular weight excluding hydrogens is 242 g/mol. The molecule has 0 aromatic heterocycles. The van der Waals surface area contributed by atoms with Crippen LogP contribution in [0.4, 0.5) is 0 Å². The molecule has 1 N–H and O–H groups in total. The van der Waals surface area contributed by atoms with Crippen molar-refractivity contribution in [2.75, 3.05) is 13.2 Å². The molecule has 0 fully saturated rings. The minimum Gasteiger partial charge on any atom is -0.486 e. The lowest BCUT2D eigenvalue weighted by molar-refractivity contribution is -0.121. The first kappa shape index (κ1) is 13.7. The number of rotatable bonds is 6. The molecule has 0 spiro atoms. The van der Waals surface area contributed by atoms with Crippen molar-refractivity contribution >= 4 is 5.91 Å². The third-order valence-corrected chi connectivity index (χ3v) is 3.10. The van der Waals surface area contributed by atoms with E-state index in [-0.39, 0.29) is 12.0 Å². The average Bonchev–Trinajstić information content (AvgIpc) is 2.45. The summed E-state index contributed by atoms with van der Waals surface area (Å²) in [5, 5.41) is 2.90. The zero-order valence-electron chi connectivity index (χ0n) is 11.4. The molecule has 1 unspecified atom stereocenters. The van der Waals surface area contributed by atoms with Crippen molar-refractivity contribution in [1.29, 1.82) is 0 Å². The van der Waals surface area contributed by atoms with Gasteiger partial charge >= 0.3 is 0 Å². The number of hydrogen-bond donors (Lipinski definition) is 1. The Labute approximate surface area is 114 Å². The van der Waals surface area contributed by atoms with Gasteiger partial charge in [0.2, 0.25) is 5.91 Å². The van der Waals surface area contributed by atoms with Crippen LogP contribution in [0.25, 0.3) is 0 Å². The van der Waals surface area contributed by atoms with Gasteiger partial charge in [0, 0.05) is 6.42 Å². The smallest absolute Gasteiger partial charge is 0.220 e. The van der Waals surface area contributed by atoms with E-state index in [1.165, 1.54) is 0 Å². The van der Waals surface area contributed by atoms with E-state index in [1.807, 2.05) is 24.3 Å². The molecule has 0 saturated carbocycles. The predicted octanol–water partition coefficient (Wildman–Crippen LogP) is 2.52. The maximum Gasteiger partial charge on any atom is 0.220 e. The maximum atomic E-state index is 11.6. The van der Waals surface area contributed by atoms with Crippen LogP contribution in [-0.4, -0.2) is 25.2 Å². The second-order valence-electron chi connectivity index (χ2n) is 4.76. The third kappa shape index (κ3) is 4.16. The molecule has 4 heteroatoms. The van der Waals surface area contributed by atoms with Gasteiger partial charge in [0.15, 0.2) is 11.5 Å². The van der Waals surface area contributed by atoms with E-state index in [2.05, 4.69) is 12.2 Å². The van der Waals surface area contributed by atoms with Crippen LogP contribution >= 0.6 is 0 Å². The van der Waals surface area contributed by atoms with Gasteiger partial charge in [0.1, 0.15) is 12.7 Å². The lowest BCUT2D eigenvalue weighted by Crippen LogP contribution is -2.40. The van der Waals surface area contributed by atoms with E-state index in [0.29, 0.717) is 19.6 Å². The molecule has 0 bridgehead atoms. The first-order valence-electron chi connectivity index (χ1n) is 6.94. The lowest BCUT2D eigenvalue weighted by Gasteiger charge is -2.26. The number of unbranched alkanes of at least 4 members (excludes halogenated alkanes) is 2. The second kappa shape index (κ2) is 7.02. The van der Waals surface area contributed by atoms with Crippen molar-refractivity contribution in [3.05, 3.63) is 24.3 Å². The number of fused-ring (bicyclic) bond motifs is 1.